The van der Waals surface area contributed by atoms with Gasteiger partial charge < -0.3 is 10.1 Å². The van der Waals surface area contributed by atoms with E-state index in [1.54, 1.807) is 0 Å². The van der Waals surface area contributed by atoms with E-state index in [0.717, 1.165) is 24.0 Å². The lowest BCUT2D eigenvalue weighted by atomic mass is 10.1. The molecule has 2 aromatic rings. The van der Waals surface area contributed by atoms with E-state index < -0.39 is 5.97 Å². The second-order valence-corrected chi connectivity index (χ2v) is 6.32. The molecule has 0 aliphatic rings. The molecule has 1 N–H and O–H groups in total. The molecule has 0 saturated carbocycles. The molecule has 4 heteroatoms. The van der Waals surface area contributed by atoms with Crippen LogP contribution < -0.4 is 5.32 Å². The lowest BCUT2D eigenvalue weighted by molar-refractivity contribution is -0.148. The third-order valence-corrected chi connectivity index (χ3v) is 3.95. The summed E-state index contributed by atoms with van der Waals surface area (Å²) in [7, 11) is 0. The Hall–Kier alpha value is -2.62. The van der Waals surface area contributed by atoms with Gasteiger partial charge >= 0.3 is 5.97 Å². The van der Waals surface area contributed by atoms with Gasteiger partial charge in [-0.2, -0.15) is 0 Å². The minimum absolute atomic E-state index is 0.0310. The Morgan fingerprint density at radius 1 is 1.00 bits per heavy atom. The molecule has 0 fully saturated rings. The number of aryl methyl sites for hydroxylation is 2. The number of amides is 1. The van der Waals surface area contributed by atoms with E-state index >= 15 is 0 Å². The topological polar surface area (TPSA) is 55.4 Å². The molecule has 2 aromatic carbocycles. The number of esters is 1. The maximum atomic E-state index is 11.9. The van der Waals surface area contributed by atoms with Gasteiger partial charge in [-0.25, -0.2) is 0 Å². The Kier molecular flexibility index (Phi) is 7.20. The summed E-state index contributed by atoms with van der Waals surface area (Å²) in [6, 6.07) is 17.8. The zero-order valence-electron chi connectivity index (χ0n) is 14.8. The summed E-state index contributed by atoms with van der Waals surface area (Å²) in [5, 5.41) is 2.86. The average molecular weight is 339 g/mol. The molecule has 4 nitrogen and oxygen atoms in total. The Balaban J connectivity index is 1.65. The van der Waals surface area contributed by atoms with Gasteiger partial charge in [0.15, 0.2) is 6.61 Å². The fourth-order valence-electron chi connectivity index (χ4n) is 2.49. The summed E-state index contributed by atoms with van der Waals surface area (Å²) in [4.78, 5) is 23.7. The van der Waals surface area contributed by atoms with Crippen LogP contribution in [-0.2, 0) is 27.2 Å². The predicted octanol–water partition coefficient (Wildman–Crippen LogP) is 3.22. The molecule has 1 amide bonds. The van der Waals surface area contributed by atoms with Crippen molar-refractivity contribution >= 4 is 11.9 Å². The maximum Gasteiger partial charge on any atom is 0.310 e. The quantitative estimate of drug-likeness (QED) is 0.751. The number of carbonyl (C=O) groups excluding carboxylic acids is 2. The fraction of sp³-hybridized carbons (Fsp3) is 0.333. The fourth-order valence-corrected chi connectivity index (χ4v) is 2.49. The smallest absolute Gasteiger partial charge is 0.310 e. The highest BCUT2D eigenvalue weighted by Gasteiger charge is 2.11. The van der Waals surface area contributed by atoms with Crippen LogP contribution in [0.2, 0.25) is 0 Å². The van der Waals surface area contributed by atoms with Crippen molar-refractivity contribution < 1.29 is 14.3 Å². The van der Waals surface area contributed by atoms with E-state index in [9.17, 15) is 9.59 Å². The van der Waals surface area contributed by atoms with Gasteiger partial charge in [-0.05, 0) is 37.8 Å². The van der Waals surface area contributed by atoms with E-state index in [0.29, 0.717) is 0 Å². The Labute approximate surface area is 149 Å². The first-order valence-electron chi connectivity index (χ1n) is 8.57. The molecular formula is C21H25NO3. The van der Waals surface area contributed by atoms with Crippen molar-refractivity contribution in [2.45, 2.75) is 39.2 Å². The molecule has 0 heterocycles. The number of rotatable bonds is 8. The summed E-state index contributed by atoms with van der Waals surface area (Å²) in [6.07, 6.45) is 1.92. The van der Waals surface area contributed by atoms with Crippen LogP contribution in [0.3, 0.4) is 0 Å². The van der Waals surface area contributed by atoms with Crippen molar-refractivity contribution in [3.8, 4) is 0 Å². The van der Waals surface area contributed by atoms with Crippen LogP contribution in [0, 0.1) is 6.92 Å². The van der Waals surface area contributed by atoms with Crippen molar-refractivity contribution in [2.75, 3.05) is 6.61 Å². The number of carbonyl (C=O) groups is 2. The van der Waals surface area contributed by atoms with Gasteiger partial charge in [0.1, 0.15) is 0 Å². The summed E-state index contributed by atoms with van der Waals surface area (Å²) in [5.74, 6) is -0.659. The molecule has 0 aliphatic carbocycles. The number of benzene rings is 2. The summed E-state index contributed by atoms with van der Waals surface area (Å²) >= 11 is 0. The molecule has 0 spiro atoms. The summed E-state index contributed by atoms with van der Waals surface area (Å²) in [6.45, 7) is 3.71. The van der Waals surface area contributed by atoms with E-state index in [1.165, 1.54) is 5.56 Å². The highest BCUT2D eigenvalue weighted by molar-refractivity contribution is 5.81. The molecule has 25 heavy (non-hydrogen) atoms. The number of nitrogens with one attached hydrogen (secondary N) is 1. The molecule has 0 saturated heterocycles. The Morgan fingerprint density at radius 2 is 1.68 bits per heavy atom. The lowest BCUT2D eigenvalue weighted by Crippen LogP contribution is -2.36. The van der Waals surface area contributed by atoms with Gasteiger partial charge in [0.25, 0.3) is 5.91 Å². The van der Waals surface area contributed by atoms with Crippen LogP contribution in [0.1, 0.15) is 30.0 Å². The number of hydrogen-bond donors (Lipinski definition) is 1. The van der Waals surface area contributed by atoms with Crippen LogP contribution in [0.25, 0.3) is 0 Å². The molecule has 2 rings (SSSR count). The second kappa shape index (κ2) is 9.62. The Bertz CT molecular complexity index is 680. The molecule has 0 unspecified atom stereocenters. The highest BCUT2D eigenvalue weighted by Crippen LogP contribution is 2.06. The van der Waals surface area contributed by atoms with E-state index in [1.807, 2.05) is 56.3 Å². The van der Waals surface area contributed by atoms with Crippen LogP contribution in [0.4, 0.5) is 0 Å². The van der Waals surface area contributed by atoms with E-state index in [4.69, 9.17) is 4.74 Å². The molecule has 0 radical (unpaired) electrons. The van der Waals surface area contributed by atoms with Gasteiger partial charge in [0.05, 0.1) is 6.42 Å². The van der Waals surface area contributed by atoms with E-state index in [2.05, 4.69) is 17.4 Å². The van der Waals surface area contributed by atoms with Crippen molar-refractivity contribution in [3.05, 3.63) is 71.3 Å². The molecule has 0 aliphatic heterocycles. The average Bonchev–Trinajstić information content (AvgIpc) is 2.61. The first-order valence-corrected chi connectivity index (χ1v) is 8.57. The van der Waals surface area contributed by atoms with Gasteiger partial charge in [-0.1, -0.05) is 60.2 Å². The third-order valence-electron chi connectivity index (χ3n) is 3.95. The second-order valence-electron chi connectivity index (χ2n) is 6.32. The first kappa shape index (κ1) is 18.7. The lowest BCUT2D eigenvalue weighted by Gasteiger charge is -2.14. The SMILES string of the molecule is Cc1ccc(CC(=O)OCC(=O)N[C@@H](C)CCc2ccccc2)cc1. The van der Waals surface area contributed by atoms with Gasteiger partial charge in [-0.3, -0.25) is 9.59 Å². The Morgan fingerprint density at radius 3 is 2.36 bits per heavy atom. The predicted molar refractivity (Wildman–Crippen MR) is 98.2 cm³/mol. The van der Waals surface area contributed by atoms with Gasteiger partial charge in [-0.15, -0.1) is 0 Å². The molecule has 0 bridgehead atoms. The molecule has 132 valence electrons. The van der Waals surface area contributed by atoms with Crippen molar-refractivity contribution in [2.24, 2.45) is 0 Å². The highest BCUT2D eigenvalue weighted by atomic mass is 16.5. The van der Waals surface area contributed by atoms with Gasteiger partial charge in [0, 0.05) is 6.04 Å². The molecule has 0 aromatic heterocycles. The van der Waals surface area contributed by atoms with Crippen LogP contribution in [0.15, 0.2) is 54.6 Å². The molecule has 1 atom stereocenters. The van der Waals surface area contributed by atoms with Crippen molar-refractivity contribution in [1.82, 2.24) is 5.32 Å². The van der Waals surface area contributed by atoms with E-state index in [-0.39, 0.29) is 25.0 Å². The van der Waals surface area contributed by atoms with Crippen LogP contribution >= 0.6 is 0 Å². The van der Waals surface area contributed by atoms with Crippen molar-refractivity contribution in [3.63, 3.8) is 0 Å². The van der Waals surface area contributed by atoms with Crippen LogP contribution in [-0.4, -0.2) is 24.5 Å². The van der Waals surface area contributed by atoms with Crippen LogP contribution in [0.5, 0.6) is 0 Å². The maximum absolute atomic E-state index is 11.9. The summed E-state index contributed by atoms with van der Waals surface area (Å²) in [5.41, 5.74) is 3.27. The van der Waals surface area contributed by atoms with Crippen molar-refractivity contribution in [1.29, 1.82) is 0 Å². The largest absolute Gasteiger partial charge is 0.455 e. The third kappa shape index (κ3) is 7.21. The zero-order chi connectivity index (χ0) is 18.1. The molecular weight excluding hydrogens is 314 g/mol. The zero-order valence-corrected chi connectivity index (χ0v) is 14.8. The minimum Gasteiger partial charge on any atom is -0.455 e. The monoisotopic (exact) mass is 339 g/mol. The minimum atomic E-state index is -0.393. The first-order chi connectivity index (χ1) is 12.0. The number of ether oxygens (including phenoxy) is 1. The standard InChI is InChI=1S/C21H25NO3/c1-16-8-11-19(12-9-16)14-21(24)25-15-20(23)22-17(2)10-13-18-6-4-3-5-7-18/h3-9,11-12,17H,10,13-15H2,1-2H3,(H,22,23)/t17-/m0/s1. The number of hydrogen-bond acceptors (Lipinski definition) is 3. The summed E-state index contributed by atoms with van der Waals surface area (Å²) < 4.78 is 5.05. The van der Waals surface area contributed by atoms with Gasteiger partial charge in [0.2, 0.25) is 0 Å². The normalized spacial score (nSPS) is 11.6.